The van der Waals surface area contributed by atoms with Crippen molar-refractivity contribution in [3.8, 4) is 0 Å². The minimum Gasteiger partial charge on any atom is -0.338 e. The van der Waals surface area contributed by atoms with E-state index in [1.807, 2.05) is 4.90 Å². The van der Waals surface area contributed by atoms with Crippen LogP contribution in [0, 0.1) is 24.0 Å². The summed E-state index contributed by atoms with van der Waals surface area (Å²) in [7, 11) is 0. The number of aromatic nitrogens is 4. The summed E-state index contributed by atoms with van der Waals surface area (Å²) in [6.45, 7) is 5.58. The van der Waals surface area contributed by atoms with Crippen molar-refractivity contribution in [1.29, 1.82) is 0 Å². The lowest BCUT2D eigenvalue weighted by atomic mass is 10.3. The van der Waals surface area contributed by atoms with E-state index in [1.54, 1.807) is 37.2 Å². The third kappa shape index (κ3) is 3.42. The highest BCUT2D eigenvalue weighted by atomic mass is 16.6. The molecule has 0 unspecified atom stereocenters. The van der Waals surface area contributed by atoms with Crippen LogP contribution in [0.3, 0.4) is 0 Å². The zero-order valence-corrected chi connectivity index (χ0v) is 14.1. The SMILES string of the molecule is Cc1nn(CC(=O)N2CCN(c3ncccn3)CC2)c(C)c1[N+](=O)[O-]. The molecule has 2 aromatic rings. The molecular formula is C15H19N7O3. The highest BCUT2D eigenvalue weighted by Crippen LogP contribution is 2.22. The molecular weight excluding hydrogens is 326 g/mol. The maximum absolute atomic E-state index is 12.5. The number of anilines is 1. The molecule has 0 aromatic carbocycles. The van der Waals surface area contributed by atoms with Crippen molar-refractivity contribution in [2.24, 2.45) is 0 Å². The first-order valence-corrected chi connectivity index (χ1v) is 7.95. The van der Waals surface area contributed by atoms with Gasteiger partial charge in [0.15, 0.2) is 0 Å². The van der Waals surface area contributed by atoms with Gasteiger partial charge in [-0.05, 0) is 19.9 Å². The fourth-order valence-electron chi connectivity index (χ4n) is 2.94. The Hall–Kier alpha value is -3.04. The topological polar surface area (TPSA) is 110 Å². The van der Waals surface area contributed by atoms with E-state index in [1.165, 1.54) is 4.68 Å². The van der Waals surface area contributed by atoms with Crippen molar-refractivity contribution in [3.63, 3.8) is 0 Å². The van der Waals surface area contributed by atoms with Gasteiger partial charge in [-0.25, -0.2) is 9.97 Å². The number of carbonyl (C=O) groups is 1. The summed E-state index contributed by atoms with van der Waals surface area (Å²) >= 11 is 0. The third-order valence-electron chi connectivity index (χ3n) is 4.28. The molecule has 2 aromatic heterocycles. The summed E-state index contributed by atoms with van der Waals surface area (Å²) in [5.74, 6) is 0.554. The van der Waals surface area contributed by atoms with E-state index in [4.69, 9.17) is 0 Å². The van der Waals surface area contributed by atoms with Crippen LogP contribution in [0.4, 0.5) is 11.6 Å². The average molecular weight is 345 g/mol. The zero-order chi connectivity index (χ0) is 18.0. The second-order valence-corrected chi connectivity index (χ2v) is 5.85. The van der Waals surface area contributed by atoms with Crippen molar-refractivity contribution in [2.75, 3.05) is 31.1 Å². The van der Waals surface area contributed by atoms with Gasteiger partial charge < -0.3 is 9.80 Å². The van der Waals surface area contributed by atoms with E-state index < -0.39 is 4.92 Å². The number of carbonyl (C=O) groups excluding carboxylic acids is 1. The maximum Gasteiger partial charge on any atom is 0.312 e. The molecule has 0 saturated carbocycles. The van der Waals surface area contributed by atoms with Gasteiger partial charge in [-0.2, -0.15) is 5.10 Å². The zero-order valence-electron chi connectivity index (χ0n) is 14.1. The number of hydrogen-bond donors (Lipinski definition) is 0. The Morgan fingerprint density at radius 3 is 2.40 bits per heavy atom. The van der Waals surface area contributed by atoms with Gasteiger partial charge in [0.25, 0.3) is 0 Å². The van der Waals surface area contributed by atoms with Gasteiger partial charge in [0.05, 0.1) is 4.92 Å². The summed E-state index contributed by atoms with van der Waals surface area (Å²) in [6.07, 6.45) is 3.38. The van der Waals surface area contributed by atoms with Crippen LogP contribution in [0.5, 0.6) is 0 Å². The maximum atomic E-state index is 12.5. The molecule has 0 spiro atoms. The van der Waals surface area contributed by atoms with E-state index >= 15 is 0 Å². The lowest BCUT2D eigenvalue weighted by molar-refractivity contribution is -0.386. The molecule has 0 radical (unpaired) electrons. The van der Waals surface area contributed by atoms with Crippen LogP contribution in [-0.4, -0.2) is 61.7 Å². The summed E-state index contributed by atoms with van der Waals surface area (Å²) in [6, 6.07) is 1.76. The van der Waals surface area contributed by atoms with Crippen molar-refractivity contribution in [1.82, 2.24) is 24.6 Å². The highest BCUT2D eigenvalue weighted by Gasteiger charge is 2.26. The highest BCUT2D eigenvalue weighted by molar-refractivity contribution is 5.76. The molecule has 3 rings (SSSR count). The Bertz CT molecular complexity index is 782. The predicted molar refractivity (Wildman–Crippen MR) is 89.2 cm³/mol. The van der Waals surface area contributed by atoms with Gasteiger partial charge in [0.1, 0.15) is 17.9 Å². The smallest absolute Gasteiger partial charge is 0.312 e. The van der Waals surface area contributed by atoms with Crippen molar-refractivity contribution < 1.29 is 9.72 Å². The molecule has 3 heterocycles. The Labute approximate surface area is 144 Å². The van der Waals surface area contributed by atoms with Crippen LogP contribution in [0.15, 0.2) is 18.5 Å². The summed E-state index contributed by atoms with van der Waals surface area (Å²) < 4.78 is 1.41. The minimum atomic E-state index is -0.461. The van der Waals surface area contributed by atoms with E-state index in [9.17, 15) is 14.9 Å². The lowest BCUT2D eigenvalue weighted by Gasteiger charge is -2.34. The number of piperazine rings is 1. The van der Waals surface area contributed by atoms with Crippen LogP contribution < -0.4 is 4.90 Å². The van der Waals surface area contributed by atoms with Crippen LogP contribution in [0.2, 0.25) is 0 Å². The molecule has 0 bridgehead atoms. The van der Waals surface area contributed by atoms with Crippen LogP contribution in [-0.2, 0) is 11.3 Å². The van der Waals surface area contributed by atoms with Gasteiger partial charge in [0.2, 0.25) is 11.9 Å². The Morgan fingerprint density at radius 2 is 1.84 bits per heavy atom. The fourth-order valence-corrected chi connectivity index (χ4v) is 2.94. The van der Waals surface area contributed by atoms with Crippen LogP contribution in [0.1, 0.15) is 11.4 Å². The number of hydrogen-bond acceptors (Lipinski definition) is 7. The molecule has 10 nitrogen and oxygen atoms in total. The number of nitro groups is 1. The molecule has 1 aliphatic heterocycles. The quantitative estimate of drug-likeness (QED) is 0.587. The molecule has 132 valence electrons. The predicted octanol–water partition coefficient (Wildman–Crippen LogP) is 0.547. The van der Waals surface area contributed by atoms with Gasteiger partial charge in [-0.1, -0.05) is 0 Å². The monoisotopic (exact) mass is 345 g/mol. The summed E-state index contributed by atoms with van der Waals surface area (Å²) in [5.41, 5.74) is 0.687. The second-order valence-electron chi connectivity index (χ2n) is 5.85. The Kier molecular flexibility index (Phi) is 4.59. The first kappa shape index (κ1) is 16.8. The van der Waals surface area contributed by atoms with Crippen molar-refractivity contribution in [3.05, 3.63) is 40.0 Å². The van der Waals surface area contributed by atoms with Crippen LogP contribution in [0.25, 0.3) is 0 Å². The number of amides is 1. The Morgan fingerprint density at radius 1 is 1.20 bits per heavy atom. The molecule has 1 aliphatic rings. The van der Waals surface area contributed by atoms with E-state index in [0.29, 0.717) is 43.5 Å². The largest absolute Gasteiger partial charge is 0.338 e. The lowest BCUT2D eigenvalue weighted by Crippen LogP contribution is -2.50. The standard InChI is InChI=1S/C15H19N7O3/c1-11-14(22(24)25)12(2)21(18-11)10-13(23)19-6-8-20(9-7-19)15-16-4-3-5-17-15/h3-5H,6-10H2,1-2H3. The average Bonchev–Trinajstić information content (AvgIpc) is 2.89. The summed E-state index contributed by atoms with van der Waals surface area (Å²) in [4.78, 5) is 35.3. The third-order valence-corrected chi connectivity index (χ3v) is 4.28. The first-order chi connectivity index (χ1) is 12.0. The normalized spacial score (nSPS) is 14.6. The minimum absolute atomic E-state index is 0.00233. The van der Waals surface area contributed by atoms with Gasteiger partial charge in [-0.15, -0.1) is 0 Å². The summed E-state index contributed by atoms with van der Waals surface area (Å²) in [5, 5.41) is 15.2. The molecule has 10 heteroatoms. The first-order valence-electron chi connectivity index (χ1n) is 7.95. The van der Waals surface area contributed by atoms with Gasteiger partial charge >= 0.3 is 5.69 Å². The molecule has 25 heavy (non-hydrogen) atoms. The number of nitrogens with zero attached hydrogens (tertiary/aromatic N) is 7. The van der Waals surface area contributed by atoms with Gasteiger partial charge in [-0.3, -0.25) is 19.6 Å². The number of aryl methyl sites for hydroxylation is 1. The van der Waals surface area contributed by atoms with Crippen molar-refractivity contribution in [2.45, 2.75) is 20.4 Å². The van der Waals surface area contributed by atoms with Crippen LogP contribution >= 0.6 is 0 Å². The van der Waals surface area contributed by atoms with E-state index in [-0.39, 0.29) is 18.1 Å². The second kappa shape index (κ2) is 6.83. The molecule has 1 saturated heterocycles. The van der Waals surface area contributed by atoms with E-state index in [0.717, 1.165) is 0 Å². The van der Waals surface area contributed by atoms with E-state index in [2.05, 4.69) is 15.1 Å². The number of rotatable bonds is 4. The molecule has 0 N–H and O–H groups in total. The Balaban J connectivity index is 1.62. The van der Waals surface area contributed by atoms with Crippen molar-refractivity contribution >= 4 is 17.5 Å². The fraction of sp³-hybridized carbons (Fsp3) is 0.467. The van der Waals surface area contributed by atoms with Gasteiger partial charge in [0, 0.05) is 38.6 Å². The molecule has 1 amide bonds. The molecule has 0 atom stereocenters. The molecule has 1 fully saturated rings. The molecule has 0 aliphatic carbocycles.